The third kappa shape index (κ3) is 4.07. The molecule has 3 rings (SSSR count). The Morgan fingerprint density at radius 2 is 1.87 bits per heavy atom. The first-order valence-electron chi connectivity index (χ1n) is 8.27. The molecule has 0 saturated carbocycles. The van der Waals surface area contributed by atoms with Crippen LogP contribution >= 0.6 is 0 Å². The molecule has 0 radical (unpaired) electrons. The highest BCUT2D eigenvalue weighted by Gasteiger charge is 2.20. The number of nitriles is 1. The van der Waals surface area contributed by atoms with E-state index in [4.69, 9.17) is 5.26 Å². The fourth-order valence-corrected chi connectivity index (χ4v) is 3.12. The van der Waals surface area contributed by atoms with Crippen LogP contribution in [0.25, 0.3) is 0 Å². The summed E-state index contributed by atoms with van der Waals surface area (Å²) in [6.07, 6.45) is 8.10. The van der Waals surface area contributed by atoms with Gasteiger partial charge in [0.2, 0.25) is 0 Å². The van der Waals surface area contributed by atoms with E-state index in [-0.39, 0.29) is 0 Å². The summed E-state index contributed by atoms with van der Waals surface area (Å²) >= 11 is 0. The van der Waals surface area contributed by atoms with E-state index in [0.717, 1.165) is 24.8 Å². The minimum atomic E-state index is 0.377. The van der Waals surface area contributed by atoms with Crippen molar-refractivity contribution in [3.63, 3.8) is 0 Å². The summed E-state index contributed by atoms with van der Waals surface area (Å²) in [5.41, 5.74) is 3.14. The predicted molar refractivity (Wildman–Crippen MR) is 91.2 cm³/mol. The van der Waals surface area contributed by atoms with Gasteiger partial charge in [0.05, 0.1) is 12.4 Å². The first kappa shape index (κ1) is 15.5. The number of anilines is 1. The van der Waals surface area contributed by atoms with Crippen molar-refractivity contribution in [2.75, 3.05) is 18.0 Å². The molecule has 0 unspecified atom stereocenters. The van der Waals surface area contributed by atoms with Crippen LogP contribution in [-0.2, 0) is 6.42 Å². The van der Waals surface area contributed by atoms with Gasteiger partial charge in [-0.25, -0.2) is 9.97 Å². The lowest BCUT2D eigenvalue weighted by Crippen LogP contribution is -2.34. The van der Waals surface area contributed by atoms with Gasteiger partial charge >= 0.3 is 0 Å². The molecule has 0 spiro atoms. The number of aryl methyl sites for hydroxylation is 2. The van der Waals surface area contributed by atoms with E-state index in [1.165, 1.54) is 36.8 Å². The number of benzene rings is 1. The average molecular weight is 306 g/mol. The molecule has 1 aromatic heterocycles. The summed E-state index contributed by atoms with van der Waals surface area (Å²) in [6, 6.07) is 10.9. The number of nitrogens with zero attached hydrogens (tertiary/aromatic N) is 4. The minimum absolute atomic E-state index is 0.377. The monoisotopic (exact) mass is 306 g/mol. The van der Waals surface area contributed by atoms with E-state index in [2.05, 4.69) is 46.1 Å². The summed E-state index contributed by atoms with van der Waals surface area (Å²) in [5, 5.41) is 8.78. The van der Waals surface area contributed by atoms with Gasteiger partial charge in [-0.3, -0.25) is 0 Å². The molecule has 1 aliphatic heterocycles. The Hall–Kier alpha value is -2.41. The van der Waals surface area contributed by atoms with Crippen LogP contribution in [0.5, 0.6) is 0 Å². The molecule has 1 saturated heterocycles. The second-order valence-corrected chi connectivity index (χ2v) is 6.33. The van der Waals surface area contributed by atoms with Crippen LogP contribution < -0.4 is 4.90 Å². The van der Waals surface area contributed by atoms with Crippen molar-refractivity contribution in [3.05, 3.63) is 53.5 Å². The molecule has 0 atom stereocenters. The summed E-state index contributed by atoms with van der Waals surface area (Å²) in [5.74, 6) is 1.68. The lowest BCUT2D eigenvalue weighted by atomic mass is 9.90. The minimum Gasteiger partial charge on any atom is -0.355 e. The standard InChI is InChI=1S/C19H22N4/c1-15-2-4-16(5-3-15)6-7-17-8-10-23(11-9-17)19-14-21-18(12-20)13-22-19/h2-5,13-14,17H,6-11H2,1H3. The number of rotatable bonds is 4. The van der Waals surface area contributed by atoms with Crippen molar-refractivity contribution in [2.45, 2.75) is 32.6 Å². The smallest absolute Gasteiger partial charge is 0.158 e. The van der Waals surface area contributed by atoms with Crippen molar-refractivity contribution < 1.29 is 0 Å². The molecule has 0 bridgehead atoms. The number of aromatic nitrogens is 2. The zero-order valence-corrected chi connectivity index (χ0v) is 13.6. The SMILES string of the molecule is Cc1ccc(CCC2CCN(c3cnc(C#N)cn3)CC2)cc1. The van der Waals surface area contributed by atoms with E-state index in [9.17, 15) is 0 Å². The third-order valence-electron chi connectivity index (χ3n) is 4.65. The van der Waals surface area contributed by atoms with Crippen LogP contribution in [0, 0.1) is 24.2 Å². The van der Waals surface area contributed by atoms with Gasteiger partial charge in [-0.05, 0) is 44.1 Å². The summed E-state index contributed by atoms with van der Waals surface area (Å²) in [4.78, 5) is 10.7. The van der Waals surface area contributed by atoms with E-state index in [0.29, 0.717) is 5.69 Å². The molecular weight excluding hydrogens is 284 g/mol. The quantitative estimate of drug-likeness (QED) is 0.867. The van der Waals surface area contributed by atoms with Crippen LogP contribution in [0.15, 0.2) is 36.7 Å². The van der Waals surface area contributed by atoms with Gasteiger partial charge in [-0.2, -0.15) is 5.26 Å². The van der Waals surface area contributed by atoms with Crippen molar-refractivity contribution >= 4 is 5.82 Å². The van der Waals surface area contributed by atoms with Crippen LogP contribution in [0.4, 0.5) is 5.82 Å². The molecule has 0 amide bonds. The molecule has 23 heavy (non-hydrogen) atoms. The highest BCUT2D eigenvalue weighted by molar-refractivity contribution is 5.37. The second-order valence-electron chi connectivity index (χ2n) is 6.33. The lowest BCUT2D eigenvalue weighted by molar-refractivity contribution is 0.380. The van der Waals surface area contributed by atoms with Crippen molar-refractivity contribution in [3.8, 4) is 6.07 Å². The molecule has 1 aliphatic rings. The molecule has 2 aromatic rings. The largest absolute Gasteiger partial charge is 0.355 e. The zero-order chi connectivity index (χ0) is 16.1. The maximum absolute atomic E-state index is 8.78. The van der Waals surface area contributed by atoms with Gasteiger partial charge < -0.3 is 4.90 Å². The first-order chi connectivity index (χ1) is 11.2. The molecule has 1 fully saturated rings. The maximum Gasteiger partial charge on any atom is 0.158 e. The van der Waals surface area contributed by atoms with Crippen molar-refractivity contribution in [2.24, 2.45) is 5.92 Å². The Morgan fingerprint density at radius 1 is 1.13 bits per heavy atom. The highest BCUT2D eigenvalue weighted by Crippen LogP contribution is 2.25. The number of piperidine rings is 1. The fraction of sp³-hybridized carbons (Fsp3) is 0.421. The predicted octanol–water partition coefficient (Wildman–Crippen LogP) is 3.51. The Balaban J connectivity index is 1.48. The summed E-state index contributed by atoms with van der Waals surface area (Å²) < 4.78 is 0. The van der Waals surface area contributed by atoms with Crippen molar-refractivity contribution in [1.82, 2.24) is 9.97 Å². The molecular formula is C19H22N4. The van der Waals surface area contributed by atoms with Crippen LogP contribution in [0.2, 0.25) is 0 Å². The molecule has 0 N–H and O–H groups in total. The van der Waals surface area contributed by atoms with E-state index in [1.54, 1.807) is 12.4 Å². The van der Waals surface area contributed by atoms with Crippen molar-refractivity contribution in [1.29, 1.82) is 5.26 Å². The molecule has 4 heteroatoms. The maximum atomic E-state index is 8.78. The first-order valence-corrected chi connectivity index (χ1v) is 8.27. The van der Waals surface area contributed by atoms with Gasteiger partial charge in [0.1, 0.15) is 11.9 Å². The van der Waals surface area contributed by atoms with E-state index in [1.807, 2.05) is 6.07 Å². The number of hydrogen-bond acceptors (Lipinski definition) is 4. The van der Waals surface area contributed by atoms with Crippen LogP contribution in [0.3, 0.4) is 0 Å². The normalized spacial score (nSPS) is 15.4. The topological polar surface area (TPSA) is 52.8 Å². The Labute approximate surface area is 137 Å². The van der Waals surface area contributed by atoms with Crippen LogP contribution in [0.1, 0.15) is 36.1 Å². The van der Waals surface area contributed by atoms with Crippen LogP contribution in [-0.4, -0.2) is 23.1 Å². The second kappa shape index (κ2) is 7.23. The van der Waals surface area contributed by atoms with Gasteiger partial charge in [0.25, 0.3) is 0 Å². The summed E-state index contributed by atoms with van der Waals surface area (Å²) in [6.45, 7) is 4.18. The van der Waals surface area contributed by atoms with Gasteiger partial charge in [0.15, 0.2) is 5.69 Å². The molecule has 1 aromatic carbocycles. The Kier molecular flexibility index (Phi) is 4.87. The molecule has 4 nitrogen and oxygen atoms in total. The van der Waals surface area contributed by atoms with Gasteiger partial charge in [0, 0.05) is 13.1 Å². The van der Waals surface area contributed by atoms with E-state index >= 15 is 0 Å². The number of hydrogen-bond donors (Lipinski definition) is 0. The van der Waals surface area contributed by atoms with Gasteiger partial charge in [-0.1, -0.05) is 29.8 Å². The summed E-state index contributed by atoms with van der Waals surface area (Å²) in [7, 11) is 0. The zero-order valence-electron chi connectivity index (χ0n) is 13.6. The molecule has 0 aliphatic carbocycles. The van der Waals surface area contributed by atoms with Gasteiger partial charge in [-0.15, -0.1) is 0 Å². The van der Waals surface area contributed by atoms with E-state index < -0.39 is 0 Å². The lowest BCUT2D eigenvalue weighted by Gasteiger charge is -2.32. The average Bonchev–Trinajstić information content (AvgIpc) is 2.62. The highest BCUT2D eigenvalue weighted by atomic mass is 15.2. The Bertz CT molecular complexity index is 662. The molecule has 2 heterocycles. The Morgan fingerprint density at radius 3 is 2.48 bits per heavy atom. The fourth-order valence-electron chi connectivity index (χ4n) is 3.12. The molecule has 118 valence electrons. The third-order valence-corrected chi connectivity index (χ3v) is 4.65.